The Kier molecular flexibility index (Phi) is 5.83. The molecule has 0 aromatic heterocycles. The van der Waals surface area contributed by atoms with Crippen LogP contribution >= 0.6 is 0 Å². The van der Waals surface area contributed by atoms with Gasteiger partial charge in [-0.05, 0) is 25.0 Å². The molecule has 1 heterocycles. The third-order valence-corrected chi connectivity index (χ3v) is 3.28. The van der Waals surface area contributed by atoms with E-state index in [0.717, 1.165) is 25.1 Å². The van der Waals surface area contributed by atoms with Gasteiger partial charge in [0.2, 0.25) is 5.91 Å². The summed E-state index contributed by atoms with van der Waals surface area (Å²) in [5.74, 6) is 0.823. The van der Waals surface area contributed by atoms with E-state index in [1.54, 1.807) is 4.90 Å². The maximum Gasteiger partial charge on any atom is 0.248 e. The molecule has 1 aliphatic heterocycles. The molecule has 1 saturated heterocycles. The third kappa shape index (κ3) is 4.83. The molecule has 110 valence electrons. The predicted molar refractivity (Wildman–Crippen MR) is 76.5 cm³/mol. The number of para-hydroxylation sites is 1. The molecule has 0 saturated carbocycles. The van der Waals surface area contributed by atoms with Crippen LogP contribution in [0.2, 0.25) is 0 Å². The lowest BCUT2D eigenvalue weighted by Gasteiger charge is -2.30. The highest BCUT2D eigenvalue weighted by Gasteiger charge is 2.20. The van der Waals surface area contributed by atoms with Gasteiger partial charge in [-0.1, -0.05) is 18.2 Å². The lowest BCUT2D eigenvalue weighted by molar-refractivity contribution is -0.137. The molecule has 0 spiro atoms. The average Bonchev–Trinajstić information content (AvgIpc) is 2.48. The molecule has 0 bridgehead atoms. The summed E-state index contributed by atoms with van der Waals surface area (Å²) in [6, 6.07) is 9.65. The molecule has 1 amide bonds. The zero-order valence-electron chi connectivity index (χ0n) is 11.7. The Morgan fingerprint density at radius 3 is 2.85 bits per heavy atom. The van der Waals surface area contributed by atoms with Crippen LogP contribution in [0.15, 0.2) is 30.3 Å². The predicted octanol–water partition coefficient (Wildman–Crippen LogP) is 1.03. The fraction of sp³-hybridized carbons (Fsp3) is 0.533. The van der Waals surface area contributed by atoms with Gasteiger partial charge in [0, 0.05) is 19.1 Å². The number of ether oxygens (including phenoxy) is 2. The van der Waals surface area contributed by atoms with Crippen LogP contribution in [0.25, 0.3) is 0 Å². The quantitative estimate of drug-likeness (QED) is 0.789. The highest BCUT2D eigenvalue weighted by atomic mass is 16.5. The van der Waals surface area contributed by atoms with Gasteiger partial charge in [-0.2, -0.15) is 0 Å². The van der Waals surface area contributed by atoms with E-state index in [1.165, 1.54) is 0 Å². The van der Waals surface area contributed by atoms with Crippen molar-refractivity contribution in [3.8, 4) is 5.75 Å². The number of hydrogen-bond acceptors (Lipinski definition) is 4. The van der Waals surface area contributed by atoms with Gasteiger partial charge in [0.25, 0.3) is 0 Å². The zero-order valence-corrected chi connectivity index (χ0v) is 11.7. The van der Waals surface area contributed by atoms with Crippen LogP contribution in [-0.2, 0) is 9.53 Å². The summed E-state index contributed by atoms with van der Waals surface area (Å²) in [4.78, 5) is 13.7. The largest absolute Gasteiger partial charge is 0.491 e. The van der Waals surface area contributed by atoms with E-state index in [2.05, 4.69) is 0 Å². The van der Waals surface area contributed by atoms with Gasteiger partial charge in [0.05, 0.1) is 6.61 Å². The van der Waals surface area contributed by atoms with Crippen molar-refractivity contribution >= 4 is 5.91 Å². The summed E-state index contributed by atoms with van der Waals surface area (Å²) < 4.78 is 10.8. The van der Waals surface area contributed by atoms with Gasteiger partial charge in [-0.25, -0.2) is 0 Å². The normalized spacial score (nSPS) is 18.9. The molecule has 20 heavy (non-hydrogen) atoms. The van der Waals surface area contributed by atoms with E-state index in [-0.39, 0.29) is 18.6 Å². The Balaban J connectivity index is 1.57. The molecule has 2 rings (SSSR count). The number of likely N-dealkylation sites (tertiary alicyclic amines) is 1. The summed E-state index contributed by atoms with van der Waals surface area (Å²) in [7, 11) is 0. The number of carbonyl (C=O) groups excluding carboxylic acids is 1. The fourth-order valence-electron chi connectivity index (χ4n) is 2.22. The second kappa shape index (κ2) is 7.87. The van der Waals surface area contributed by atoms with Crippen molar-refractivity contribution in [2.75, 3.05) is 32.9 Å². The maximum atomic E-state index is 11.9. The van der Waals surface area contributed by atoms with Crippen LogP contribution in [0.1, 0.15) is 12.8 Å². The lowest BCUT2D eigenvalue weighted by atomic mass is 10.1. The van der Waals surface area contributed by atoms with E-state index in [0.29, 0.717) is 19.8 Å². The number of carbonyl (C=O) groups is 1. The molecule has 2 N–H and O–H groups in total. The molecule has 0 aliphatic carbocycles. The average molecular weight is 278 g/mol. The van der Waals surface area contributed by atoms with Crippen molar-refractivity contribution in [2.45, 2.75) is 18.9 Å². The smallest absolute Gasteiger partial charge is 0.248 e. The number of nitrogens with two attached hydrogens (primary N) is 1. The van der Waals surface area contributed by atoms with Crippen LogP contribution < -0.4 is 10.5 Å². The molecule has 1 fully saturated rings. The second-order valence-electron chi connectivity index (χ2n) is 4.96. The molecule has 5 nitrogen and oxygen atoms in total. The lowest BCUT2D eigenvalue weighted by Crippen LogP contribution is -2.47. The highest BCUT2D eigenvalue weighted by Crippen LogP contribution is 2.09. The van der Waals surface area contributed by atoms with Gasteiger partial charge < -0.3 is 20.1 Å². The minimum Gasteiger partial charge on any atom is -0.491 e. The summed E-state index contributed by atoms with van der Waals surface area (Å²) in [6.07, 6.45) is 1.97. The van der Waals surface area contributed by atoms with Crippen LogP contribution in [0.3, 0.4) is 0 Å². The molecular formula is C15H22N2O3. The topological polar surface area (TPSA) is 64.8 Å². The first-order chi connectivity index (χ1) is 9.75. The van der Waals surface area contributed by atoms with Crippen LogP contribution in [-0.4, -0.2) is 49.8 Å². The van der Waals surface area contributed by atoms with Crippen molar-refractivity contribution in [2.24, 2.45) is 5.73 Å². The molecule has 1 aromatic carbocycles. The van der Waals surface area contributed by atoms with E-state index < -0.39 is 0 Å². The number of amides is 1. The Morgan fingerprint density at radius 1 is 1.30 bits per heavy atom. The first-order valence-corrected chi connectivity index (χ1v) is 7.04. The Labute approximate surface area is 119 Å². The maximum absolute atomic E-state index is 11.9. The standard InChI is InChI=1S/C15H22N2O3/c16-13-5-4-8-17(11-13)15(18)12-19-9-10-20-14-6-2-1-3-7-14/h1-3,6-7,13H,4-5,8-12,16H2. The molecule has 1 aliphatic rings. The highest BCUT2D eigenvalue weighted by molar-refractivity contribution is 5.77. The van der Waals surface area contributed by atoms with Crippen molar-refractivity contribution in [1.82, 2.24) is 4.90 Å². The number of benzene rings is 1. The summed E-state index contributed by atoms with van der Waals surface area (Å²) in [5, 5.41) is 0. The Hall–Kier alpha value is -1.59. The third-order valence-electron chi connectivity index (χ3n) is 3.28. The van der Waals surface area contributed by atoms with Crippen molar-refractivity contribution in [3.63, 3.8) is 0 Å². The van der Waals surface area contributed by atoms with E-state index in [1.807, 2.05) is 30.3 Å². The van der Waals surface area contributed by atoms with Crippen LogP contribution in [0.5, 0.6) is 5.75 Å². The number of hydrogen-bond donors (Lipinski definition) is 1. The molecule has 1 unspecified atom stereocenters. The molecule has 1 aromatic rings. The van der Waals surface area contributed by atoms with E-state index in [4.69, 9.17) is 15.2 Å². The summed E-state index contributed by atoms with van der Waals surface area (Å²) in [6.45, 7) is 2.38. The molecule has 1 atom stereocenters. The van der Waals surface area contributed by atoms with Gasteiger partial charge in [0.1, 0.15) is 19.0 Å². The monoisotopic (exact) mass is 278 g/mol. The summed E-state index contributed by atoms with van der Waals surface area (Å²) in [5.41, 5.74) is 5.85. The van der Waals surface area contributed by atoms with Crippen LogP contribution in [0, 0.1) is 0 Å². The van der Waals surface area contributed by atoms with E-state index >= 15 is 0 Å². The molecular weight excluding hydrogens is 256 g/mol. The van der Waals surface area contributed by atoms with Crippen molar-refractivity contribution < 1.29 is 14.3 Å². The SMILES string of the molecule is NC1CCCN(C(=O)COCCOc2ccccc2)C1. The first-order valence-electron chi connectivity index (χ1n) is 7.04. The zero-order chi connectivity index (χ0) is 14.2. The number of piperidine rings is 1. The Morgan fingerprint density at radius 2 is 2.10 bits per heavy atom. The Bertz CT molecular complexity index is 411. The number of rotatable bonds is 6. The first kappa shape index (κ1) is 14.8. The second-order valence-corrected chi connectivity index (χ2v) is 4.96. The number of nitrogens with zero attached hydrogens (tertiary/aromatic N) is 1. The fourth-order valence-corrected chi connectivity index (χ4v) is 2.22. The van der Waals surface area contributed by atoms with Gasteiger partial charge in [0.15, 0.2) is 0 Å². The minimum absolute atomic E-state index is 0.0138. The molecule has 5 heteroatoms. The van der Waals surface area contributed by atoms with Gasteiger partial charge in [-0.15, -0.1) is 0 Å². The molecule has 0 radical (unpaired) electrons. The van der Waals surface area contributed by atoms with Crippen molar-refractivity contribution in [1.29, 1.82) is 0 Å². The minimum atomic E-state index is 0.0138. The van der Waals surface area contributed by atoms with E-state index in [9.17, 15) is 4.79 Å². The van der Waals surface area contributed by atoms with Crippen LogP contribution in [0.4, 0.5) is 0 Å². The van der Waals surface area contributed by atoms with Crippen molar-refractivity contribution in [3.05, 3.63) is 30.3 Å². The van der Waals surface area contributed by atoms with Gasteiger partial charge in [-0.3, -0.25) is 4.79 Å². The van der Waals surface area contributed by atoms with Gasteiger partial charge >= 0.3 is 0 Å². The summed E-state index contributed by atoms with van der Waals surface area (Å²) >= 11 is 0.